The van der Waals surface area contributed by atoms with Crippen molar-refractivity contribution in [3.63, 3.8) is 0 Å². The van der Waals surface area contributed by atoms with Crippen LogP contribution in [0, 0.1) is 0 Å². The predicted octanol–water partition coefficient (Wildman–Crippen LogP) is 1.99. The SMILES string of the molecule is CCOC(=O)N1Cc2c(ncn2Cc2ccccc2)CC1C(=O)OC. The van der Waals surface area contributed by atoms with Crippen molar-refractivity contribution < 1.29 is 19.1 Å². The molecule has 0 fully saturated rings. The Labute approximate surface area is 146 Å². The number of aromatic nitrogens is 2. The highest BCUT2D eigenvalue weighted by molar-refractivity contribution is 5.82. The highest BCUT2D eigenvalue weighted by Gasteiger charge is 2.38. The summed E-state index contributed by atoms with van der Waals surface area (Å²) in [6.07, 6.45) is 1.56. The van der Waals surface area contributed by atoms with Crippen LogP contribution in [0.5, 0.6) is 0 Å². The first kappa shape index (κ1) is 17.0. The number of methoxy groups -OCH3 is 1. The van der Waals surface area contributed by atoms with Gasteiger partial charge in [0.25, 0.3) is 0 Å². The Bertz CT molecular complexity index is 757. The Morgan fingerprint density at radius 3 is 2.72 bits per heavy atom. The molecule has 3 rings (SSSR count). The molecule has 0 bridgehead atoms. The molecule has 7 heteroatoms. The summed E-state index contributed by atoms with van der Waals surface area (Å²) in [6, 6.07) is 9.30. The normalized spacial score (nSPS) is 16.2. The summed E-state index contributed by atoms with van der Waals surface area (Å²) >= 11 is 0. The highest BCUT2D eigenvalue weighted by Crippen LogP contribution is 2.25. The zero-order valence-corrected chi connectivity index (χ0v) is 14.3. The number of hydrogen-bond acceptors (Lipinski definition) is 5. The van der Waals surface area contributed by atoms with E-state index in [2.05, 4.69) is 4.98 Å². The Balaban J connectivity index is 1.88. The van der Waals surface area contributed by atoms with E-state index in [4.69, 9.17) is 9.47 Å². The quantitative estimate of drug-likeness (QED) is 0.794. The summed E-state index contributed by atoms with van der Waals surface area (Å²) in [6.45, 7) is 2.91. The van der Waals surface area contributed by atoms with Gasteiger partial charge in [-0.05, 0) is 12.5 Å². The number of nitrogens with zero attached hydrogens (tertiary/aromatic N) is 3. The fourth-order valence-corrected chi connectivity index (χ4v) is 3.03. The monoisotopic (exact) mass is 343 g/mol. The number of carbonyl (C=O) groups excluding carboxylic acids is 2. The highest BCUT2D eigenvalue weighted by atomic mass is 16.6. The van der Waals surface area contributed by atoms with Gasteiger partial charge in [-0.1, -0.05) is 30.3 Å². The lowest BCUT2D eigenvalue weighted by molar-refractivity contribution is -0.147. The maximum Gasteiger partial charge on any atom is 0.410 e. The van der Waals surface area contributed by atoms with Gasteiger partial charge in [-0.15, -0.1) is 0 Å². The van der Waals surface area contributed by atoms with Crippen molar-refractivity contribution in [2.24, 2.45) is 0 Å². The van der Waals surface area contributed by atoms with Gasteiger partial charge in [0.05, 0.1) is 38.0 Å². The van der Waals surface area contributed by atoms with E-state index in [1.54, 1.807) is 13.3 Å². The lowest BCUT2D eigenvalue weighted by Gasteiger charge is -2.33. The predicted molar refractivity (Wildman–Crippen MR) is 89.8 cm³/mol. The summed E-state index contributed by atoms with van der Waals surface area (Å²) in [5, 5.41) is 0. The second kappa shape index (κ2) is 7.38. The van der Waals surface area contributed by atoms with Gasteiger partial charge in [0.1, 0.15) is 6.04 Å². The topological polar surface area (TPSA) is 73.7 Å². The van der Waals surface area contributed by atoms with Crippen LogP contribution in [0.1, 0.15) is 23.9 Å². The molecule has 0 aliphatic carbocycles. The molecule has 0 radical (unpaired) electrons. The van der Waals surface area contributed by atoms with Crippen LogP contribution >= 0.6 is 0 Å². The molecule has 7 nitrogen and oxygen atoms in total. The number of amides is 1. The van der Waals surface area contributed by atoms with Crippen molar-refractivity contribution in [1.29, 1.82) is 0 Å². The van der Waals surface area contributed by atoms with Gasteiger partial charge in [-0.25, -0.2) is 14.6 Å². The number of hydrogen-bond donors (Lipinski definition) is 0. The fraction of sp³-hybridized carbons (Fsp3) is 0.389. The van der Waals surface area contributed by atoms with Crippen LogP contribution in [-0.4, -0.2) is 46.3 Å². The minimum absolute atomic E-state index is 0.249. The summed E-state index contributed by atoms with van der Waals surface area (Å²) in [4.78, 5) is 30.2. The molecule has 1 aromatic carbocycles. The van der Waals surface area contributed by atoms with Gasteiger partial charge in [-0.2, -0.15) is 0 Å². The summed E-state index contributed by atoms with van der Waals surface area (Å²) in [5.41, 5.74) is 2.87. The molecule has 1 aliphatic heterocycles. The zero-order valence-electron chi connectivity index (χ0n) is 14.3. The van der Waals surface area contributed by atoms with E-state index in [1.165, 1.54) is 12.0 Å². The molecular formula is C18H21N3O4. The molecule has 0 saturated carbocycles. The minimum Gasteiger partial charge on any atom is -0.467 e. The van der Waals surface area contributed by atoms with Crippen molar-refractivity contribution in [2.45, 2.75) is 32.5 Å². The lowest BCUT2D eigenvalue weighted by Crippen LogP contribution is -2.49. The molecule has 1 unspecified atom stereocenters. The van der Waals surface area contributed by atoms with Crippen molar-refractivity contribution in [2.75, 3.05) is 13.7 Å². The molecule has 1 aromatic heterocycles. The molecule has 0 spiro atoms. The smallest absolute Gasteiger partial charge is 0.410 e. The van der Waals surface area contributed by atoms with Gasteiger partial charge in [0.2, 0.25) is 0 Å². The third-order valence-corrected chi connectivity index (χ3v) is 4.29. The van der Waals surface area contributed by atoms with E-state index >= 15 is 0 Å². The van der Waals surface area contributed by atoms with Crippen LogP contribution in [0.3, 0.4) is 0 Å². The largest absolute Gasteiger partial charge is 0.467 e. The number of rotatable bonds is 4. The van der Waals surface area contributed by atoms with Crippen LogP contribution < -0.4 is 0 Å². The van der Waals surface area contributed by atoms with Gasteiger partial charge in [0.15, 0.2) is 0 Å². The number of benzene rings is 1. The van der Waals surface area contributed by atoms with Gasteiger partial charge < -0.3 is 14.0 Å². The van der Waals surface area contributed by atoms with E-state index in [-0.39, 0.29) is 13.2 Å². The zero-order chi connectivity index (χ0) is 17.8. The third kappa shape index (κ3) is 3.50. The molecule has 25 heavy (non-hydrogen) atoms. The molecule has 1 amide bonds. The van der Waals surface area contributed by atoms with Crippen molar-refractivity contribution >= 4 is 12.1 Å². The molecule has 1 aliphatic rings. The first-order valence-corrected chi connectivity index (χ1v) is 8.22. The molecule has 2 heterocycles. The van der Waals surface area contributed by atoms with Crippen LogP contribution in [0.4, 0.5) is 4.79 Å². The molecule has 0 N–H and O–H groups in total. The molecule has 2 aromatic rings. The average molecular weight is 343 g/mol. The second-order valence-corrected chi connectivity index (χ2v) is 5.82. The van der Waals surface area contributed by atoms with Crippen LogP contribution in [0.15, 0.2) is 36.7 Å². The number of carbonyl (C=O) groups is 2. The maximum absolute atomic E-state index is 12.3. The minimum atomic E-state index is -0.711. The van der Waals surface area contributed by atoms with E-state index in [0.717, 1.165) is 17.0 Å². The number of imidazole rings is 1. The summed E-state index contributed by atoms with van der Waals surface area (Å²) in [5.74, 6) is -0.462. The van der Waals surface area contributed by atoms with E-state index < -0.39 is 18.1 Å². The summed E-state index contributed by atoms with van der Waals surface area (Å²) < 4.78 is 12.0. The molecule has 0 saturated heterocycles. The average Bonchev–Trinajstić information content (AvgIpc) is 3.03. The van der Waals surface area contributed by atoms with Crippen molar-refractivity contribution in [3.8, 4) is 0 Å². The van der Waals surface area contributed by atoms with Crippen LogP contribution in [-0.2, 0) is 33.8 Å². The van der Waals surface area contributed by atoms with Crippen molar-refractivity contribution in [1.82, 2.24) is 14.5 Å². The number of fused-ring (bicyclic) bond motifs is 1. The van der Waals surface area contributed by atoms with Crippen molar-refractivity contribution in [3.05, 3.63) is 53.6 Å². The summed E-state index contributed by atoms with van der Waals surface area (Å²) in [7, 11) is 1.31. The third-order valence-electron chi connectivity index (χ3n) is 4.29. The Morgan fingerprint density at radius 1 is 1.28 bits per heavy atom. The van der Waals surface area contributed by atoms with E-state index in [1.807, 2.05) is 34.9 Å². The Kier molecular flexibility index (Phi) is 5.02. The molecular weight excluding hydrogens is 322 g/mol. The Morgan fingerprint density at radius 2 is 2.04 bits per heavy atom. The van der Waals surface area contributed by atoms with Gasteiger partial charge in [-0.3, -0.25) is 4.90 Å². The van der Waals surface area contributed by atoms with Crippen LogP contribution in [0.2, 0.25) is 0 Å². The maximum atomic E-state index is 12.3. The first-order valence-electron chi connectivity index (χ1n) is 8.22. The molecule has 1 atom stereocenters. The standard InChI is InChI=1S/C18H21N3O4/c1-3-25-18(23)21-11-16-14(9-15(21)17(22)24-2)19-12-20(16)10-13-7-5-4-6-8-13/h4-8,12,15H,3,9-11H2,1-2H3. The first-order chi connectivity index (χ1) is 12.1. The van der Waals surface area contributed by atoms with Gasteiger partial charge >= 0.3 is 12.1 Å². The van der Waals surface area contributed by atoms with E-state index in [9.17, 15) is 9.59 Å². The lowest BCUT2D eigenvalue weighted by atomic mass is 10.0. The fourth-order valence-electron chi connectivity index (χ4n) is 3.03. The second-order valence-electron chi connectivity index (χ2n) is 5.82. The Hall–Kier alpha value is -2.83. The van der Waals surface area contributed by atoms with Crippen LogP contribution in [0.25, 0.3) is 0 Å². The molecule has 132 valence electrons. The number of esters is 1. The van der Waals surface area contributed by atoms with Gasteiger partial charge in [0, 0.05) is 13.0 Å². The van der Waals surface area contributed by atoms with E-state index in [0.29, 0.717) is 13.0 Å². The number of ether oxygens (including phenoxy) is 2.